The second kappa shape index (κ2) is 8.63. The van der Waals surface area contributed by atoms with Crippen LogP contribution in [0.25, 0.3) is 0 Å². The lowest BCUT2D eigenvalue weighted by atomic mass is 9.98. The van der Waals surface area contributed by atoms with Crippen LogP contribution in [-0.4, -0.2) is 51.0 Å². The van der Waals surface area contributed by atoms with E-state index in [1.165, 1.54) is 6.08 Å². The molecule has 2 fully saturated rings. The number of nitrogens with one attached hydrogen (secondary N) is 2. The maximum Gasteiger partial charge on any atom is 0.273 e. The number of hydrogen-bond acceptors (Lipinski definition) is 8. The van der Waals surface area contributed by atoms with Crippen LogP contribution in [0.15, 0.2) is 36.9 Å². The zero-order valence-corrected chi connectivity index (χ0v) is 17.5. The quantitative estimate of drug-likeness (QED) is 0.561. The summed E-state index contributed by atoms with van der Waals surface area (Å²) in [6.07, 6.45) is 4.71. The molecule has 2 aromatic rings. The number of amides is 2. The summed E-state index contributed by atoms with van der Waals surface area (Å²) >= 11 is 0. The summed E-state index contributed by atoms with van der Waals surface area (Å²) in [5, 5.41) is 23.5. The predicted octanol–water partition coefficient (Wildman–Crippen LogP) is 1.86. The summed E-state index contributed by atoms with van der Waals surface area (Å²) in [5.74, 6) is -0.459. The molecule has 1 aromatic carbocycles. The number of nitrogens with two attached hydrogens (primary N) is 1. The van der Waals surface area contributed by atoms with Crippen molar-refractivity contribution >= 4 is 29.3 Å². The Balaban J connectivity index is 1.51. The van der Waals surface area contributed by atoms with Gasteiger partial charge in [0.15, 0.2) is 11.5 Å². The molecule has 10 heteroatoms. The van der Waals surface area contributed by atoms with Crippen LogP contribution in [0.2, 0.25) is 0 Å². The minimum Gasteiger partial charge on any atom is -0.364 e. The smallest absolute Gasteiger partial charge is 0.273 e. The van der Waals surface area contributed by atoms with Crippen molar-refractivity contribution in [3.63, 3.8) is 0 Å². The standard InChI is InChI=1S/C22H24N8O2/c1-2-17(31)30-11-3-4-16(12-30)26-21-27-20(18(19(24)32)28-29-21)25-15-7-5-14(6-8-15)22(13-23)9-10-22/h2,5-8,16H,1,3-4,9-12H2,(H2,24,32)(H2,25,26,27,29)/t16-/m1/s1. The van der Waals surface area contributed by atoms with E-state index in [1.54, 1.807) is 4.90 Å². The van der Waals surface area contributed by atoms with Crippen LogP contribution in [-0.2, 0) is 10.2 Å². The Morgan fingerprint density at radius 2 is 2.03 bits per heavy atom. The second-order valence-electron chi connectivity index (χ2n) is 8.07. The number of aromatic nitrogens is 3. The Kier molecular flexibility index (Phi) is 5.73. The molecule has 1 saturated carbocycles. The van der Waals surface area contributed by atoms with Gasteiger partial charge in [-0.3, -0.25) is 9.59 Å². The van der Waals surface area contributed by atoms with Gasteiger partial charge < -0.3 is 21.3 Å². The maximum absolute atomic E-state index is 11.9. The first kappa shape index (κ1) is 21.2. The molecule has 1 aliphatic carbocycles. The molecule has 164 valence electrons. The number of hydrogen-bond donors (Lipinski definition) is 3. The minimum absolute atomic E-state index is 0.0540. The monoisotopic (exact) mass is 432 g/mol. The number of likely N-dealkylation sites (tertiary alicyclic amines) is 1. The van der Waals surface area contributed by atoms with Crippen LogP contribution in [0.3, 0.4) is 0 Å². The molecule has 2 heterocycles. The van der Waals surface area contributed by atoms with Gasteiger partial charge in [-0.15, -0.1) is 10.2 Å². The Morgan fingerprint density at radius 1 is 1.28 bits per heavy atom. The van der Waals surface area contributed by atoms with Crippen LogP contribution in [0.5, 0.6) is 0 Å². The van der Waals surface area contributed by atoms with Crippen LogP contribution < -0.4 is 16.4 Å². The van der Waals surface area contributed by atoms with E-state index in [1.807, 2.05) is 24.3 Å². The van der Waals surface area contributed by atoms with E-state index in [9.17, 15) is 14.9 Å². The van der Waals surface area contributed by atoms with Crippen molar-refractivity contribution in [3.8, 4) is 6.07 Å². The van der Waals surface area contributed by atoms with Gasteiger partial charge in [0, 0.05) is 24.8 Å². The molecule has 1 atom stereocenters. The minimum atomic E-state index is -0.752. The number of nitriles is 1. The number of nitrogens with zero attached hydrogens (tertiary/aromatic N) is 5. The van der Waals surface area contributed by atoms with Gasteiger partial charge in [0.2, 0.25) is 11.9 Å². The molecule has 0 spiro atoms. The van der Waals surface area contributed by atoms with Crippen molar-refractivity contribution in [2.75, 3.05) is 23.7 Å². The highest BCUT2D eigenvalue weighted by molar-refractivity contribution is 5.96. The van der Waals surface area contributed by atoms with E-state index in [4.69, 9.17) is 5.73 Å². The van der Waals surface area contributed by atoms with Crippen molar-refractivity contribution in [2.45, 2.75) is 37.1 Å². The van der Waals surface area contributed by atoms with Gasteiger partial charge in [-0.25, -0.2) is 0 Å². The van der Waals surface area contributed by atoms with Gasteiger partial charge in [-0.05, 0) is 49.5 Å². The summed E-state index contributed by atoms with van der Waals surface area (Å²) in [5.41, 5.74) is 6.64. The Labute approximate surface area is 185 Å². The van der Waals surface area contributed by atoms with Crippen molar-refractivity contribution in [1.29, 1.82) is 5.26 Å². The molecule has 2 aliphatic rings. The van der Waals surface area contributed by atoms with Crippen LogP contribution >= 0.6 is 0 Å². The van der Waals surface area contributed by atoms with E-state index in [-0.39, 0.29) is 34.8 Å². The molecule has 1 aliphatic heterocycles. The van der Waals surface area contributed by atoms with Gasteiger partial charge in [0.25, 0.3) is 5.91 Å². The number of rotatable bonds is 7. The second-order valence-corrected chi connectivity index (χ2v) is 8.07. The van der Waals surface area contributed by atoms with Gasteiger partial charge >= 0.3 is 0 Å². The molecular weight excluding hydrogens is 408 g/mol. The summed E-state index contributed by atoms with van der Waals surface area (Å²) < 4.78 is 0. The average molecular weight is 432 g/mol. The van der Waals surface area contributed by atoms with Gasteiger partial charge in [0.05, 0.1) is 11.5 Å². The van der Waals surface area contributed by atoms with Crippen molar-refractivity contribution in [3.05, 3.63) is 48.2 Å². The van der Waals surface area contributed by atoms with E-state index in [0.29, 0.717) is 18.8 Å². The number of anilines is 3. The third-order valence-corrected chi connectivity index (χ3v) is 5.83. The van der Waals surface area contributed by atoms with Gasteiger partial charge in [-0.1, -0.05) is 18.7 Å². The zero-order valence-electron chi connectivity index (χ0n) is 17.5. The first-order valence-electron chi connectivity index (χ1n) is 10.5. The lowest BCUT2D eigenvalue weighted by Gasteiger charge is -2.32. The highest BCUT2D eigenvalue weighted by atomic mass is 16.2. The first-order chi connectivity index (χ1) is 15.4. The highest BCUT2D eigenvalue weighted by Gasteiger charge is 2.44. The van der Waals surface area contributed by atoms with Crippen molar-refractivity contribution < 1.29 is 9.59 Å². The molecule has 0 unspecified atom stereocenters. The third-order valence-electron chi connectivity index (χ3n) is 5.83. The summed E-state index contributed by atoms with van der Waals surface area (Å²) in [4.78, 5) is 29.9. The number of carbonyl (C=O) groups is 2. The van der Waals surface area contributed by atoms with E-state index in [2.05, 4.69) is 38.5 Å². The summed E-state index contributed by atoms with van der Waals surface area (Å²) in [6, 6.07) is 9.75. The molecule has 10 nitrogen and oxygen atoms in total. The fraction of sp³-hybridized carbons (Fsp3) is 0.364. The number of piperidine rings is 1. The Bertz CT molecular complexity index is 1090. The largest absolute Gasteiger partial charge is 0.364 e. The fourth-order valence-corrected chi connectivity index (χ4v) is 3.85. The zero-order chi connectivity index (χ0) is 22.7. The number of carbonyl (C=O) groups excluding carboxylic acids is 2. The van der Waals surface area contributed by atoms with E-state index in [0.717, 1.165) is 31.2 Å². The molecule has 1 aromatic heterocycles. The van der Waals surface area contributed by atoms with E-state index < -0.39 is 5.91 Å². The number of benzene rings is 1. The van der Waals surface area contributed by atoms with Gasteiger partial charge in [-0.2, -0.15) is 10.2 Å². The molecule has 1 saturated heterocycles. The molecule has 0 bridgehead atoms. The molecule has 32 heavy (non-hydrogen) atoms. The molecule has 0 radical (unpaired) electrons. The van der Waals surface area contributed by atoms with E-state index >= 15 is 0 Å². The fourth-order valence-electron chi connectivity index (χ4n) is 3.85. The lowest BCUT2D eigenvalue weighted by molar-refractivity contribution is -0.127. The highest BCUT2D eigenvalue weighted by Crippen LogP contribution is 2.47. The lowest BCUT2D eigenvalue weighted by Crippen LogP contribution is -2.44. The Morgan fingerprint density at radius 3 is 2.66 bits per heavy atom. The van der Waals surface area contributed by atoms with Crippen LogP contribution in [0.1, 0.15) is 41.7 Å². The predicted molar refractivity (Wildman–Crippen MR) is 118 cm³/mol. The molecule has 4 rings (SSSR count). The topological polar surface area (TPSA) is 150 Å². The Hall–Kier alpha value is -4.00. The van der Waals surface area contributed by atoms with Gasteiger partial charge in [0.1, 0.15) is 0 Å². The number of primary amides is 1. The normalized spacial score (nSPS) is 18.8. The molecule has 2 amide bonds. The van der Waals surface area contributed by atoms with Crippen LogP contribution in [0.4, 0.5) is 17.5 Å². The van der Waals surface area contributed by atoms with Crippen molar-refractivity contribution in [1.82, 2.24) is 20.1 Å². The summed E-state index contributed by atoms with van der Waals surface area (Å²) in [7, 11) is 0. The molecular formula is C22H24N8O2. The molecule has 4 N–H and O–H groups in total. The SMILES string of the molecule is C=CC(=O)N1CCC[C@@H](Nc2nnc(C(N)=O)c(Nc3ccc(C4(C#N)CC4)cc3)n2)C1. The third kappa shape index (κ3) is 4.37. The van der Waals surface area contributed by atoms with Crippen LogP contribution in [0, 0.1) is 11.3 Å². The summed E-state index contributed by atoms with van der Waals surface area (Å²) in [6.45, 7) is 4.71. The van der Waals surface area contributed by atoms with Crippen molar-refractivity contribution in [2.24, 2.45) is 5.73 Å². The first-order valence-corrected chi connectivity index (χ1v) is 10.5. The maximum atomic E-state index is 11.9. The average Bonchev–Trinajstić information content (AvgIpc) is 3.60.